The number of aryl methyl sites for hydroxylation is 1. The van der Waals surface area contributed by atoms with E-state index >= 15 is 0 Å². The first-order chi connectivity index (χ1) is 12.0. The molecule has 0 radical (unpaired) electrons. The summed E-state index contributed by atoms with van der Waals surface area (Å²) in [5.41, 5.74) is 2.24. The van der Waals surface area contributed by atoms with Crippen LogP contribution in [0.25, 0.3) is 5.69 Å². The number of carboxylic acids is 1. The van der Waals surface area contributed by atoms with Crippen LogP contribution in [0.3, 0.4) is 0 Å². The molecule has 8 nitrogen and oxygen atoms in total. The highest BCUT2D eigenvalue weighted by Crippen LogP contribution is 2.25. The van der Waals surface area contributed by atoms with Gasteiger partial charge in [-0.2, -0.15) is 5.10 Å². The van der Waals surface area contributed by atoms with Crippen LogP contribution in [0, 0.1) is 6.92 Å². The topological polar surface area (TPSA) is 97.6 Å². The van der Waals surface area contributed by atoms with Crippen molar-refractivity contribution in [2.75, 3.05) is 13.7 Å². The van der Waals surface area contributed by atoms with Gasteiger partial charge in [0.15, 0.2) is 0 Å². The van der Waals surface area contributed by atoms with E-state index in [1.807, 2.05) is 13.0 Å². The molecule has 2 atom stereocenters. The zero-order valence-electron chi connectivity index (χ0n) is 14.1. The van der Waals surface area contributed by atoms with Crippen molar-refractivity contribution in [1.29, 1.82) is 0 Å². The number of aliphatic carboxylic acids is 1. The van der Waals surface area contributed by atoms with Gasteiger partial charge in [0.25, 0.3) is 5.91 Å². The van der Waals surface area contributed by atoms with Gasteiger partial charge in [-0.3, -0.25) is 9.59 Å². The lowest BCUT2D eigenvalue weighted by atomic mass is 10.1. The maximum absolute atomic E-state index is 12.9. The second kappa shape index (κ2) is 7.02. The van der Waals surface area contributed by atoms with Crippen LogP contribution in [0.5, 0.6) is 0 Å². The minimum atomic E-state index is -0.919. The number of carbonyl (C=O) groups excluding carboxylic acids is 1. The van der Waals surface area contributed by atoms with Crippen molar-refractivity contribution in [3.8, 4) is 5.69 Å². The van der Waals surface area contributed by atoms with Crippen molar-refractivity contribution < 1.29 is 19.4 Å². The summed E-state index contributed by atoms with van der Waals surface area (Å²) in [5.74, 6) is -1.10. The fourth-order valence-corrected chi connectivity index (χ4v) is 3.23. The minimum Gasteiger partial charge on any atom is -0.481 e. The molecule has 2 unspecified atom stereocenters. The Morgan fingerprint density at radius 1 is 1.40 bits per heavy atom. The van der Waals surface area contributed by atoms with Crippen molar-refractivity contribution in [2.45, 2.75) is 31.9 Å². The summed E-state index contributed by atoms with van der Waals surface area (Å²) in [5, 5.41) is 13.2. The Morgan fingerprint density at radius 3 is 2.80 bits per heavy atom. The molecule has 1 aromatic heterocycles. The highest BCUT2D eigenvalue weighted by molar-refractivity contribution is 5.95. The molecule has 1 aliphatic rings. The second-order valence-corrected chi connectivity index (χ2v) is 6.14. The number of amides is 1. The van der Waals surface area contributed by atoms with Crippen molar-refractivity contribution in [3.05, 3.63) is 42.0 Å². The lowest BCUT2D eigenvalue weighted by molar-refractivity contribution is -0.137. The molecule has 2 aromatic rings. The van der Waals surface area contributed by atoms with E-state index in [4.69, 9.17) is 9.84 Å². The second-order valence-electron chi connectivity index (χ2n) is 6.14. The minimum absolute atomic E-state index is 0.0817. The Kier molecular flexibility index (Phi) is 4.80. The van der Waals surface area contributed by atoms with Crippen LogP contribution in [0.4, 0.5) is 0 Å². The summed E-state index contributed by atoms with van der Waals surface area (Å²) >= 11 is 0. The van der Waals surface area contributed by atoms with E-state index in [0.717, 1.165) is 11.3 Å². The smallest absolute Gasteiger partial charge is 0.305 e. The third kappa shape index (κ3) is 3.53. The number of benzene rings is 1. The van der Waals surface area contributed by atoms with E-state index in [0.29, 0.717) is 18.5 Å². The molecular weight excluding hydrogens is 324 g/mol. The highest BCUT2D eigenvalue weighted by Gasteiger charge is 2.37. The van der Waals surface area contributed by atoms with Crippen LogP contribution in [0.15, 0.2) is 30.9 Å². The summed E-state index contributed by atoms with van der Waals surface area (Å²) in [6.07, 6.45) is 3.36. The fourth-order valence-electron chi connectivity index (χ4n) is 3.23. The first-order valence-corrected chi connectivity index (χ1v) is 8.00. The van der Waals surface area contributed by atoms with Crippen LogP contribution >= 0.6 is 0 Å². The molecule has 132 valence electrons. The van der Waals surface area contributed by atoms with E-state index in [-0.39, 0.29) is 24.5 Å². The van der Waals surface area contributed by atoms with Gasteiger partial charge >= 0.3 is 5.97 Å². The Bertz CT molecular complexity index is 775. The Labute approximate surface area is 145 Å². The number of ether oxygens (including phenoxy) is 1. The molecule has 0 saturated carbocycles. The summed E-state index contributed by atoms with van der Waals surface area (Å²) in [4.78, 5) is 29.5. The molecule has 1 fully saturated rings. The Balaban J connectivity index is 1.84. The number of carboxylic acid groups (broad SMARTS) is 1. The average molecular weight is 344 g/mol. The highest BCUT2D eigenvalue weighted by atomic mass is 16.5. The van der Waals surface area contributed by atoms with Gasteiger partial charge in [-0.25, -0.2) is 9.67 Å². The zero-order chi connectivity index (χ0) is 18.0. The van der Waals surface area contributed by atoms with E-state index in [9.17, 15) is 9.59 Å². The maximum atomic E-state index is 12.9. The van der Waals surface area contributed by atoms with Crippen molar-refractivity contribution in [1.82, 2.24) is 19.7 Å². The molecule has 8 heteroatoms. The van der Waals surface area contributed by atoms with Crippen molar-refractivity contribution in [3.63, 3.8) is 0 Å². The van der Waals surface area contributed by atoms with E-state index < -0.39 is 5.97 Å². The lowest BCUT2D eigenvalue weighted by Crippen LogP contribution is -2.37. The number of carbonyl (C=O) groups is 2. The predicted molar refractivity (Wildman–Crippen MR) is 88.6 cm³/mol. The van der Waals surface area contributed by atoms with Crippen LogP contribution < -0.4 is 0 Å². The fraction of sp³-hybridized carbons (Fsp3) is 0.412. The first kappa shape index (κ1) is 17.1. The molecule has 1 saturated heterocycles. The van der Waals surface area contributed by atoms with Crippen LogP contribution in [-0.4, -0.2) is 62.4 Å². The van der Waals surface area contributed by atoms with Gasteiger partial charge in [0.2, 0.25) is 0 Å². The van der Waals surface area contributed by atoms with E-state index in [1.54, 1.807) is 35.2 Å². The zero-order valence-corrected chi connectivity index (χ0v) is 14.1. The van der Waals surface area contributed by atoms with Gasteiger partial charge in [-0.1, -0.05) is 0 Å². The molecular formula is C17H20N4O4. The third-order valence-electron chi connectivity index (χ3n) is 4.49. The molecule has 2 heterocycles. The monoisotopic (exact) mass is 344 g/mol. The van der Waals surface area contributed by atoms with Crippen LogP contribution in [0.2, 0.25) is 0 Å². The Morgan fingerprint density at radius 2 is 2.20 bits per heavy atom. The molecule has 25 heavy (non-hydrogen) atoms. The number of hydrogen-bond donors (Lipinski definition) is 1. The van der Waals surface area contributed by atoms with E-state index in [1.165, 1.54) is 6.33 Å². The van der Waals surface area contributed by atoms with Gasteiger partial charge in [0.1, 0.15) is 12.7 Å². The molecule has 1 aromatic carbocycles. The predicted octanol–water partition coefficient (Wildman–Crippen LogP) is 1.28. The maximum Gasteiger partial charge on any atom is 0.305 e. The molecule has 0 aliphatic carbocycles. The standard InChI is InChI=1S/C17H20N4O4/c1-11-5-12(3-4-15(11)21-10-18-9-19-21)17(24)20-8-14(25-2)6-13(20)7-16(22)23/h3-5,9-10,13-14H,6-8H2,1-2H3,(H,22,23). The van der Waals surface area contributed by atoms with Crippen LogP contribution in [-0.2, 0) is 9.53 Å². The average Bonchev–Trinajstić information content (AvgIpc) is 3.23. The van der Waals surface area contributed by atoms with Crippen molar-refractivity contribution >= 4 is 11.9 Å². The number of aromatic nitrogens is 3. The normalized spacial score (nSPS) is 20.0. The van der Waals surface area contributed by atoms with Crippen molar-refractivity contribution in [2.24, 2.45) is 0 Å². The number of rotatable bonds is 5. The first-order valence-electron chi connectivity index (χ1n) is 8.00. The van der Waals surface area contributed by atoms with Gasteiger partial charge in [0.05, 0.1) is 18.2 Å². The number of methoxy groups -OCH3 is 1. The molecule has 1 amide bonds. The molecule has 1 aliphatic heterocycles. The largest absolute Gasteiger partial charge is 0.481 e. The molecule has 0 bridgehead atoms. The molecule has 1 N–H and O–H groups in total. The van der Waals surface area contributed by atoms with Gasteiger partial charge in [0, 0.05) is 25.3 Å². The summed E-state index contributed by atoms with van der Waals surface area (Å²) in [6, 6.07) is 4.97. The molecule has 0 spiro atoms. The molecule has 3 rings (SSSR count). The quantitative estimate of drug-likeness (QED) is 0.877. The number of hydrogen-bond acceptors (Lipinski definition) is 5. The lowest BCUT2D eigenvalue weighted by Gasteiger charge is -2.23. The van der Waals surface area contributed by atoms with Gasteiger partial charge in [-0.15, -0.1) is 0 Å². The SMILES string of the molecule is COC1CC(CC(=O)O)N(C(=O)c2ccc(-n3cncn3)c(C)c2)C1. The van der Waals surface area contributed by atoms with Gasteiger partial charge in [-0.05, 0) is 37.1 Å². The third-order valence-corrected chi connectivity index (χ3v) is 4.49. The van der Waals surface area contributed by atoms with Crippen LogP contribution in [0.1, 0.15) is 28.8 Å². The summed E-state index contributed by atoms with van der Waals surface area (Å²) < 4.78 is 6.96. The Hall–Kier alpha value is -2.74. The summed E-state index contributed by atoms with van der Waals surface area (Å²) in [6.45, 7) is 2.29. The number of likely N-dealkylation sites (tertiary alicyclic amines) is 1. The van der Waals surface area contributed by atoms with Gasteiger partial charge < -0.3 is 14.7 Å². The summed E-state index contributed by atoms with van der Waals surface area (Å²) in [7, 11) is 1.58. The number of nitrogens with zero attached hydrogens (tertiary/aromatic N) is 4. The van der Waals surface area contributed by atoms with E-state index in [2.05, 4.69) is 10.1 Å².